The second-order valence-electron chi connectivity index (χ2n) is 11.9. The van der Waals surface area contributed by atoms with Crippen LogP contribution in [0.2, 0.25) is 0 Å². The van der Waals surface area contributed by atoms with Crippen LogP contribution >= 0.6 is 0 Å². The lowest BCUT2D eigenvalue weighted by Gasteiger charge is -2.39. The van der Waals surface area contributed by atoms with E-state index < -0.39 is 6.29 Å². The Morgan fingerprint density at radius 1 is 0.810 bits per heavy atom. The van der Waals surface area contributed by atoms with Gasteiger partial charge < -0.3 is 24.8 Å². The van der Waals surface area contributed by atoms with Gasteiger partial charge in [0.1, 0.15) is 0 Å². The van der Waals surface area contributed by atoms with Gasteiger partial charge in [-0.25, -0.2) is 0 Å². The Bertz CT molecular complexity index is 1280. The quantitative estimate of drug-likeness (QED) is 0.349. The van der Waals surface area contributed by atoms with E-state index >= 15 is 0 Å². The Balaban J connectivity index is 1.13. The molecule has 3 saturated heterocycles. The van der Waals surface area contributed by atoms with Gasteiger partial charge in [-0.05, 0) is 74.1 Å². The topological polar surface area (TPSA) is 74.3 Å². The normalized spacial score (nSPS) is 25.1. The number of ether oxygens (including phenoxy) is 2. The third-order valence-corrected chi connectivity index (χ3v) is 8.96. The molecule has 7 heteroatoms. The van der Waals surface area contributed by atoms with E-state index in [-0.39, 0.29) is 24.7 Å². The van der Waals surface area contributed by atoms with Crippen molar-refractivity contribution in [3.8, 4) is 0 Å². The summed E-state index contributed by atoms with van der Waals surface area (Å²) in [6.45, 7) is 6.16. The average Bonchev–Trinajstić information content (AvgIpc) is 3.73. The molecular weight excluding hydrogens is 526 g/mol. The molecule has 7 nitrogen and oxygen atoms in total. The second-order valence-corrected chi connectivity index (χ2v) is 11.9. The van der Waals surface area contributed by atoms with Gasteiger partial charge in [0.2, 0.25) is 0 Å². The number of aliphatic hydroxyl groups excluding tert-OH is 1. The molecule has 0 spiro atoms. The fraction of sp³-hybridized carbons (Fsp3) is 0.457. The van der Waals surface area contributed by atoms with Gasteiger partial charge in [0, 0.05) is 43.2 Å². The SMILES string of the molecule is O=C(NCc1ccc(C2OC(CN3CCCC3CN3CCCC3)CC(c3ccc(CO)cc3)O2)cc1)c1ccccc1. The first kappa shape index (κ1) is 29.0. The highest BCUT2D eigenvalue weighted by Crippen LogP contribution is 2.39. The lowest BCUT2D eigenvalue weighted by Crippen LogP contribution is -2.45. The number of hydrogen-bond acceptors (Lipinski definition) is 6. The first-order chi connectivity index (χ1) is 20.6. The molecule has 2 N–H and O–H groups in total. The molecule has 4 unspecified atom stereocenters. The lowest BCUT2D eigenvalue weighted by molar-refractivity contribution is -0.253. The van der Waals surface area contributed by atoms with Crippen LogP contribution < -0.4 is 5.32 Å². The fourth-order valence-corrected chi connectivity index (χ4v) is 6.57. The summed E-state index contributed by atoms with van der Waals surface area (Å²) in [7, 11) is 0. The van der Waals surface area contributed by atoms with Crippen molar-refractivity contribution in [1.82, 2.24) is 15.1 Å². The Labute approximate surface area is 249 Å². The average molecular weight is 570 g/mol. The van der Waals surface area contributed by atoms with Crippen LogP contribution in [0.3, 0.4) is 0 Å². The summed E-state index contributed by atoms with van der Waals surface area (Å²) in [5, 5.41) is 12.5. The van der Waals surface area contributed by atoms with E-state index in [0.717, 1.165) is 41.8 Å². The number of carbonyl (C=O) groups excluding carboxylic acids is 1. The zero-order chi connectivity index (χ0) is 28.7. The molecule has 0 radical (unpaired) electrons. The molecule has 3 aliphatic rings. The van der Waals surface area contributed by atoms with Gasteiger partial charge in [0.15, 0.2) is 6.29 Å². The Morgan fingerprint density at radius 3 is 2.26 bits per heavy atom. The van der Waals surface area contributed by atoms with E-state index in [9.17, 15) is 9.90 Å². The number of amides is 1. The Kier molecular flexibility index (Phi) is 9.63. The van der Waals surface area contributed by atoms with E-state index in [1.165, 1.54) is 45.3 Å². The van der Waals surface area contributed by atoms with E-state index in [1.54, 1.807) is 0 Å². The smallest absolute Gasteiger partial charge is 0.251 e. The highest BCUT2D eigenvalue weighted by molar-refractivity contribution is 5.94. The maximum Gasteiger partial charge on any atom is 0.251 e. The molecule has 4 atom stereocenters. The zero-order valence-electron chi connectivity index (χ0n) is 24.4. The third-order valence-electron chi connectivity index (χ3n) is 8.96. The first-order valence-electron chi connectivity index (χ1n) is 15.5. The van der Waals surface area contributed by atoms with Gasteiger partial charge in [-0.15, -0.1) is 0 Å². The van der Waals surface area contributed by atoms with Crippen LogP contribution in [-0.4, -0.2) is 65.7 Å². The van der Waals surface area contributed by atoms with Crippen molar-refractivity contribution >= 4 is 5.91 Å². The minimum atomic E-state index is -0.473. The monoisotopic (exact) mass is 569 g/mol. The van der Waals surface area contributed by atoms with Gasteiger partial charge in [-0.2, -0.15) is 0 Å². The predicted molar refractivity (Wildman–Crippen MR) is 163 cm³/mol. The number of nitrogens with one attached hydrogen (secondary N) is 1. The van der Waals surface area contributed by atoms with E-state index in [2.05, 4.69) is 39.4 Å². The zero-order valence-corrected chi connectivity index (χ0v) is 24.4. The molecule has 0 bridgehead atoms. The highest BCUT2D eigenvalue weighted by Gasteiger charge is 2.36. The lowest BCUT2D eigenvalue weighted by atomic mass is 9.99. The van der Waals surface area contributed by atoms with Crippen LogP contribution in [-0.2, 0) is 22.6 Å². The maximum absolute atomic E-state index is 12.5. The molecule has 3 fully saturated rings. The number of rotatable bonds is 10. The number of likely N-dealkylation sites (tertiary alicyclic amines) is 2. The second kappa shape index (κ2) is 13.9. The number of carbonyl (C=O) groups is 1. The summed E-state index contributed by atoms with van der Waals surface area (Å²) < 4.78 is 13.2. The molecule has 1 amide bonds. The summed E-state index contributed by atoms with van der Waals surface area (Å²) in [5.41, 5.74) is 4.66. The van der Waals surface area contributed by atoms with Crippen molar-refractivity contribution in [3.63, 3.8) is 0 Å². The van der Waals surface area contributed by atoms with Crippen molar-refractivity contribution in [3.05, 3.63) is 107 Å². The highest BCUT2D eigenvalue weighted by atomic mass is 16.7. The molecule has 6 rings (SSSR count). The van der Waals surface area contributed by atoms with Crippen molar-refractivity contribution < 1.29 is 19.4 Å². The van der Waals surface area contributed by atoms with Gasteiger partial charge in [-0.1, -0.05) is 66.7 Å². The number of hydrogen-bond donors (Lipinski definition) is 2. The molecule has 42 heavy (non-hydrogen) atoms. The van der Waals surface area contributed by atoms with Crippen LogP contribution in [0.5, 0.6) is 0 Å². The standard InChI is InChI=1S/C35H43N3O4/c39-25-27-12-14-28(15-13-27)33-21-32(24-38-20-6-9-31(38)23-37-18-4-5-19-37)41-35(42-33)30-16-10-26(11-17-30)22-36-34(40)29-7-2-1-3-8-29/h1-3,7-8,10-17,31-33,35,39H,4-6,9,18-25H2,(H,36,40). The molecule has 3 aromatic rings. The van der Waals surface area contributed by atoms with Crippen LogP contribution in [0, 0.1) is 0 Å². The summed E-state index contributed by atoms with van der Waals surface area (Å²) in [5.74, 6) is -0.0820. The van der Waals surface area contributed by atoms with Gasteiger partial charge in [0.25, 0.3) is 5.91 Å². The summed E-state index contributed by atoms with van der Waals surface area (Å²) in [4.78, 5) is 17.7. The van der Waals surface area contributed by atoms with Crippen LogP contribution in [0.1, 0.15) is 77.1 Å². The molecule has 0 aromatic heterocycles. The van der Waals surface area contributed by atoms with E-state index in [0.29, 0.717) is 18.2 Å². The molecule has 3 aromatic carbocycles. The van der Waals surface area contributed by atoms with E-state index in [1.807, 2.05) is 54.6 Å². The Morgan fingerprint density at radius 2 is 1.52 bits per heavy atom. The van der Waals surface area contributed by atoms with Crippen molar-refractivity contribution in [2.24, 2.45) is 0 Å². The van der Waals surface area contributed by atoms with E-state index in [4.69, 9.17) is 9.47 Å². The van der Waals surface area contributed by atoms with Crippen molar-refractivity contribution in [2.45, 2.75) is 69.8 Å². The minimum absolute atomic E-state index is 0.0334. The molecule has 0 aliphatic carbocycles. The number of aliphatic hydroxyl groups is 1. The molecule has 3 heterocycles. The van der Waals surface area contributed by atoms with Crippen LogP contribution in [0.25, 0.3) is 0 Å². The maximum atomic E-state index is 12.5. The van der Waals surface area contributed by atoms with Gasteiger partial charge >= 0.3 is 0 Å². The summed E-state index contributed by atoms with van der Waals surface area (Å²) in [6, 6.07) is 26.1. The minimum Gasteiger partial charge on any atom is -0.392 e. The van der Waals surface area contributed by atoms with Gasteiger partial charge in [-0.3, -0.25) is 9.69 Å². The predicted octanol–water partition coefficient (Wildman–Crippen LogP) is 5.21. The van der Waals surface area contributed by atoms with Crippen molar-refractivity contribution in [2.75, 3.05) is 32.7 Å². The first-order valence-corrected chi connectivity index (χ1v) is 15.5. The summed E-state index contributed by atoms with van der Waals surface area (Å²) in [6.07, 6.45) is 5.45. The molecule has 222 valence electrons. The molecular formula is C35H43N3O4. The fourth-order valence-electron chi connectivity index (χ4n) is 6.57. The van der Waals surface area contributed by atoms with Crippen LogP contribution in [0.15, 0.2) is 78.9 Å². The number of benzene rings is 3. The Hall–Kier alpha value is -3.07. The van der Waals surface area contributed by atoms with Gasteiger partial charge in [0.05, 0.1) is 18.8 Å². The number of nitrogens with zero attached hydrogens (tertiary/aromatic N) is 2. The summed E-state index contributed by atoms with van der Waals surface area (Å²) >= 11 is 0. The van der Waals surface area contributed by atoms with Crippen LogP contribution in [0.4, 0.5) is 0 Å². The largest absolute Gasteiger partial charge is 0.392 e. The van der Waals surface area contributed by atoms with Crippen molar-refractivity contribution in [1.29, 1.82) is 0 Å². The molecule has 0 saturated carbocycles. The third kappa shape index (κ3) is 7.28. The molecule has 3 aliphatic heterocycles.